The van der Waals surface area contributed by atoms with Crippen LogP contribution in [-0.2, 0) is 0 Å². The van der Waals surface area contributed by atoms with Crippen LogP contribution in [0.15, 0.2) is 48.5 Å². The Labute approximate surface area is 144 Å². The number of hydrogen-bond donors (Lipinski definition) is 1. The number of hydrogen-bond acceptors (Lipinski definition) is 4. The molecule has 0 fully saturated rings. The van der Waals surface area contributed by atoms with E-state index < -0.39 is 11.7 Å². The van der Waals surface area contributed by atoms with Gasteiger partial charge in [0.2, 0.25) is 0 Å². The van der Waals surface area contributed by atoms with Gasteiger partial charge in [0.15, 0.2) is 5.69 Å². The van der Waals surface area contributed by atoms with E-state index in [2.05, 4.69) is 15.6 Å². The summed E-state index contributed by atoms with van der Waals surface area (Å²) < 4.78 is 20.6. The summed E-state index contributed by atoms with van der Waals surface area (Å²) in [4.78, 5) is 12.4. The van der Waals surface area contributed by atoms with E-state index in [1.807, 2.05) is 6.92 Å². The second-order valence-electron chi connectivity index (χ2n) is 5.30. The van der Waals surface area contributed by atoms with E-state index in [1.54, 1.807) is 49.4 Å². The first-order valence-corrected chi connectivity index (χ1v) is 7.81. The Balaban J connectivity index is 1.80. The van der Waals surface area contributed by atoms with Crippen molar-refractivity contribution in [1.82, 2.24) is 15.0 Å². The lowest BCUT2D eigenvalue weighted by atomic mass is 10.2. The number of aromatic nitrogens is 3. The SMILES string of the molecule is CCOc1ccc(NC(=O)c2nnn(-c3ccccc3F)c2C)cc1. The number of nitrogens with zero attached hydrogens (tertiary/aromatic N) is 3. The molecule has 1 heterocycles. The third-order valence-corrected chi connectivity index (χ3v) is 3.61. The molecule has 0 spiro atoms. The molecule has 2 aromatic carbocycles. The summed E-state index contributed by atoms with van der Waals surface area (Å²) in [6, 6.07) is 13.2. The molecule has 0 radical (unpaired) electrons. The molecule has 7 heteroatoms. The first-order chi connectivity index (χ1) is 12.1. The monoisotopic (exact) mass is 340 g/mol. The Hall–Kier alpha value is -3.22. The topological polar surface area (TPSA) is 69.0 Å². The molecule has 1 aromatic heterocycles. The summed E-state index contributed by atoms with van der Waals surface area (Å²) in [5.74, 6) is -0.125. The van der Waals surface area contributed by atoms with Gasteiger partial charge >= 0.3 is 0 Å². The van der Waals surface area contributed by atoms with Gasteiger partial charge in [-0.2, -0.15) is 0 Å². The van der Waals surface area contributed by atoms with Crippen LogP contribution < -0.4 is 10.1 Å². The number of nitrogens with one attached hydrogen (secondary N) is 1. The average Bonchev–Trinajstić information content (AvgIpc) is 2.99. The normalized spacial score (nSPS) is 10.5. The number of rotatable bonds is 5. The highest BCUT2D eigenvalue weighted by Gasteiger charge is 2.18. The number of carbonyl (C=O) groups excluding carboxylic acids is 1. The maximum atomic E-state index is 13.9. The molecule has 0 atom stereocenters. The number of ether oxygens (including phenoxy) is 1. The highest BCUT2D eigenvalue weighted by atomic mass is 19.1. The predicted octanol–water partition coefficient (Wildman–Crippen LogP) is 3.37. The summed E-state index contributed by atoms with van der Waals surface area (Å²) in [5, 5.41) is 10.5. The lowest BCUT2D eigenvalue weighted by Gasteiger charge is -2.07. The van der Waals surface area contributed by atoms with Crippen molar-refractivity contribution in [3.63, 3.8) is 0 Å². The van der Waals surface area contributed by atoms with Crippen LogP contribution in [0, 0.1) is 12.7 Å². The predicted molar refractivity (Wildman–Crippen MR) is 91.6 cm³/mol. The van der Waals surface area contributed by atoms with Gasteiger partial charge in [0.25, 0.3) is 5.91 Å². The molecule has 1 N–H and O–H groups in total. The lowest BCUT2D eigenvalue weighted by molar-refractivity contribution is 0.102. The lowest BCUT2D eigenvalue weighted by Crippen LogP contribution is -2.14. The molecular formula is C18H17FN4O2. The zero-order valence-corrected chi connectivity index (χ0v) is 13.9. The number of anilines is 1. The van der Waals surface area contributed by atoms with E-state index in [9.17, 15) is 9.18 Å². The van der Waals surface area contributed by atoms with E-state index in [-0.39, 0.29) is 11.4 Å². The van der Waals surface area contributed by atoms with Crippen molar-refractivity contribution in [2.24, 2.45) is 0 Å². The van der Waals surface area contributed by atoms with Crippen LogP contribution in [0.4, 0.5) is 10.1 Å². The Bertz CT molecular complexity index is 890. The van der Waals surface area contributed by atoms with Gasteiger partial charge in [-0.1, -0.05) is 17.3 Å². The van der Waals surface area contributed by atoms with E-state index in [0.717, 1.165) is 5.75 Å². The highest BCUT2D eigenvalue weighted by Crippen LogP contribution is 2.18. The number of amides is 1. The van der Waals surface area contributed by atoms with E-state index in [1.165, 1.54) is 10.7 Å². The van der Waals surface area contributed by atoms with E-state index in [0.29, 0.717) is 18.0 Å². The van der Waals surface area contributed by atoms with Crippen LogP contribution in [0.3, 0.4) is 0 Å². The maximum Gasteiger partial charge on any atom is 0.278 e. The van der Waals surface area contributed by atoms with Crippen LogP contribution in [0.1, 0.15) is 23.1 Å². The van der Waals surface area contributed by atoms with Gasteiger partial charge in [-0.05, 0) is 50.2 Å². The Morgan fingerprint density at radius 3 is 2.60 bits per heavy atom. The standard InChI is InChI=1S/C18H17FN4O2/c1-3-25-14-10-8-13(9-11-14)20-18(24)17-12(2)23(22-21-17)16-7-5-4-6-15(16)19/h4-11H,3H2,1-2H3,(H,20,24). The van der Waals surface area contributed by atoms with Crippen LogP contribution in [-0.4, -0.2) is 27.5 Å². The minimum Gasteiger partial charge on any atom is -0.494 e. The van der Waals surface area contributed by atoms with Crippen LogP contribution in [0.25, 0.3) is 5.69 Å². The van der Waals surface area contributed by atoms with Crippen molar-refractivity contribution in [2.75, 3.05) is 11.9 Å². The molecule has 3 rings (SSSR count). The zero-order chi connectivity index (χ0) is 17.8. The van der Waals surface area contributed by atoms with E-state index in [4.69, 9.17) is 4.74 Å². The summed E-state index contributed by atoms with van der Waals surface area (Å²) >= 11 is 0. The third-order valence-electron chi connectivity index (χ3n) is 3.61. The fraction of sp³-hybridized carbons (Fsp3) is 0.167. The van der Waals surface area contributed by atoms with Gasteiger partial charge in [0.05, 0.1) is 12.3 Å². The van der Waals surface area contributed by atoms with E-state index >= 15 is 0 Å². The molecule has 3 aromatic rings. The van der Waals surface area contributed by atoms with Crippen molar-refractivity contribution < 1.29 is 13.9 Å². The molecule has 0 aliphatic heterocycles. The van der Waals surface area contributed by atoms with Crippen LogP contribution in [0.5, 0.6) is 5.75 Å². The smallest absolute Gasteiger partial charge is 0.278 e. The van der Waals surface area contributed by atoms with Crippen molar-refractivity contribution >= 4 is 11.6 Å². The summed E-state index contributed by atoms with van der Waals surface area (Å²) in [6.45, 7) is 4.14. The zero-order valence-electron chi connectivity index (χ0n) is 13.9. The first-order valence-electron chi connectivity index (χ1n) is 7.81. The molecule has 0 aliphatic rings. The van der Waals surface area contributed by atoms with Gasteiger partial charge < -0.3 is 10.1 Å². The molecular weight excluding hydrogens is 323 g/mol. The van der Waals surface area contributed by atoms with Crippen molar-refractivity contribution in [3.05, 3.63) is 65.7 Å². The maximum absolute atomic E-state index is 13.9. The van der Waals surface area contributed by atoms with Crippen molar-refractivity contribution in [2.45, 2.75) is 13.8 Å². The molecule has 0 saturated carbocycles. The number of para-hydroxylation sites is 1. The fourth-order valence-electron chi connectivity index (χ4n) is 2.38. The first kappa shape index (κ1) is 16.6. The van der Waals surface area contributed by atoms with Crippen molar-refractivity contribution in [1.29, 1.82) is 0 Å². The van der Waals surface area contributed by atoms with Crippen LogP contribution in [0.2, 0.25) is 0 Å². The largest absolute Gasteiger partial charge is 0.494 e. The van der Waals surface area contributed by atoms with Crippen LogP contribution >= 0.6 is 0 Å². The quantitative estimate of drug-likeness (QED) is 0.773. The Morgan fingerprint density at radius 2 is 1.92 bits per heavy atom. The van der Waals surface area contributed by atoms with Gasteiger partial charge in [0, 0.05) is 5.69 Å². The Kier molecular flexibility index (Phi) is 4.74. The highest BCUT2D eigenvalue weighted by molar-refractivity contribution is 6.03. The number of carbonyl (C=O) groups is 1. The van der Waals surface area contributed by atoms with Gasteiger partial charge in [-0.15, -0.1) is 5.10 Å². The second-order valence-corrected chi connectivity index (χ2v) is 5.30. The minimum absolute atomic E-state index is 0.136. The molecule has 128 valence electrons. The average molecular weight is 340 g/mol. The summed E-state index contributed by atoms with van der Waals surface area (Å²) in [6.07, 6.45) is 0. The van der Waals surface area contributed by atoms with Crippen molar-refractivity contribution in [3.8, 4) is 11.4 Å². The van der Waals surface area contributed by atoms with Gasteiger partial charge in [0.1, 0.15) is 17.3 Å². The number of benzene rings is 2. The third kappa shape index (κ3) is 3.50. The number of halogens is 1. The van der Waals surface area contributed by atoms with Gasteiger partial charge in [-0.25, -0.2) is 9.07 Å². The molecule has 0 aliphatic carbocycles. The van der Waals surface area contributed by atoms with Gasteiger partial charge in [-0.3, -0.25) is 4.79 Å². The molecule has 25 heavy (non-hydrogen) atoms. The Morgan fingerprint density at radius 1 is 1.20 bits per heavy atom. The molecule has 0 saturated heterocycles. The molecule has 6 nitrogen and oxygen atoms in total. The summed E-state index contributed by atoms with van der Waals surface area (Å²) in [5.41, 5.74) is 1.44. The molecule has 0 unspecified atom stereocenters. The minimum atomic E-state index is -0.436. The fourth-order valence-corrected chi connectivity index (χ4v) is 2.38. The summed E-state index contributed by atoms with van der Waals surface area (Å²) in [7, 11) is 0. The molecule has 1 amide bonds. The molecule has 0 bridgehead atoms. The second kappa shape index (κ2) is 7.12.